The summed E-state index contributed by atoms with van der Waals surface area (Å²) in [6.07, 6.45) is 0. The minimum absolute atomic E-state index is 0.162. The summed E-state index contributed by atoms with van der Waals surface area (Å²) in [5.74, 6) is 0.162. The van der Waals surface area contributed by atoms with E-state index in [1.165, 1.54) is 17.4 Å². The minimum Gasteiger partial charge on any atom is -0.508 e. The van der Waals surface area contributed by atoms with Crippen molar-refractivity contribution in [3.05, 3.63) is 40.0 Å². The van der Waals surface area contributed by atoms with Crippen LogP contribution in [0.2, 0.25) is 0 Å². The Morgan fingerprint density at radius 2 is 2.06 bits per heavy atom. The van der Waals surface area contributed by atoms with Gasteiger partial charge in [-0.05, 0) is 29.6 Å². The largest absolute Gasteiger partial charge is 0.508 e. The molecule has 0 aliphatic rings. The van der Waals surface area contributed by atoms with E-state index in [0.29, 0.717) is 10.2 Å². The molecule has 0 unspecified atom stereocenters. The van der Waals surface area contributed by atoms with Gasteiger partial charge in [-0.25, -0.2) is 4.09 Å². The first-order chi connectivity index (χ1) is 7.68. The van der Waals surface area contributed by atoms with Crippen LogP contribution in [0, 0.1) is 0 Å². The standard InChI is InChI=1S/C11H6ClNO2S/c12-13-9-2-1-6(14)5-8(9)7-3-4-16-10(7)11(13)15/h1-5,14H. The van der Waals surface area contributed by atoms with Crippen LogP contribution in [0.4, 0.5) is 0 Å². The molecular formula is C11H6ClNO2S. The van der Waals surface area contributed by atoms with Gasteiger partial charge < -0.3 is 5.11 Å². The Labute approximate surface area is 99.2 Å². The average molecular weight is 252 g/mol. The number of halogens is 1. The fourth-order valence-corrected chi connectivity index (χ4v) is 2.92. The Morgan fingerprint density at radius 1 is 1.25 bits per heavy atom. The highest BCUT2D eigenvalue weighted by Crippen LogP contribution is 2.29. The van der Waals surface area contributed by atoms with Gasteiger partial charge in [0.05, 0.1) is 5.52 Å². The number of phenolic OH excluding ortho intramolecular Hbond substituents is 1. The van der Waals surface area contributed by atoms with Crippen molar-refractivity contribution in [3.8, 4) is 5.75 Å². The molecule has 0 amide bonds. The number of fused-ring (bicyclic) bond motifs is 3. The second kappa shape index (κ2) is 3.23. The number of pyridine rings is 1. The number of phenols is 1. The number of benzene rings is 1. The fourth-order valence-electron chi connectivity index (χ4n) is 1.80. The molecule has 3 rings (SSSR count). The Hall–Kier alpha value is -1.52. The van der Waals surface area contributed by atoms with Crippen molar-refractivity contribution in [1.82, 2.24) is 4.09 Å². The molecular weight excluding hydrogens is 246 g/mol. The predicted molar refractivity (Wildman–Crippen MR) is 66.5 cm³/mol. The van der Waals surface area contributed by atoms with Gasteiger partial charge in [-0.15, -0.1) is 11.3 Å². The second-order valence-electron chi connectivity index (χ2n) is 3.45. The summed E-state index contributed by atoms with van der Waals surface area (Å²) >= 11 is 7.29. The maximum absolute atomic E-state index is 11.9. The summed E-state index contributed by atoms with van der Waals surface area (Å²) in [6, 6.07) is 6.62. The average Bonchev–Trinajstić information content (AvgIpc) is 2.75. The zero-order valence-electron chi connectivity index (χ0n) is 7.98. The van der Waals surface area contributed by atoms with E-state index in [0.717, 1.165) is 14.9 Å². The monoisotopic (exact) mass is 251 g/mol. The Balaban J connectivity index is 2.72. The SMILES string of the molecule is O=c1c2sccc2c2cc(O)ccc2n1Cl. The van der Waals surface area contributed by atoms with Gasteiger partial charge in [0.15, 0.2) is 0 Å². The number of thiophene rings is 1. The molecule has 5 heteroatoms. The van der Waals surface area contributed by atoms with Crippen molar-refractivity contribution in [1.29, 1.82) is 0 Å². The molecule has 3 nitrogen and oxygen atoms in total. The van der Waals surface area contributed by atoms with Crippen LogP contribution in [0.25, 0.3) is 21.0 Å². The highest BCUT2D eigenvalue weighted by molar-refractivity contribution is 7.17. The van der Waals surface area contributed by atoms with Crippen LogP contribution in [-0.2, 0) is 0 Å². The van der Waals surface area contributed by atoms with Crippen molar-refractivity contribution in [2.45, 2.75) is 0 Å². The van der Waals surface area contributed by atoms with Gasteiger partial charge in [-0.3, -0.25) is 4.79 Å². The first-order valence-electron chi connectivity index (χ1n) is 4.59. The summed E-state index contributed by atoms with van der Waals surface area (Å²) < 4.78 is 1.70. The van der Waals surface area contributed by atoms with Crippen LogP contribution in [0.1, 0.15) is 0 Å². The van der Waals surface area contributed by atoms with Crippen molar-refractivity contribution in [3.63, 3.8) is 0 Å². The minimum atomic E-state index is -0.218. The van der Waals surface area contributed by atoms with E-state index >= 15 is 0 Å². The maximum atomic E-state index is 11.9. The first kappa shape index (κ1) is 9.69. The Kier molecular flexibility index (Phi) is 1.96. The van der Waals surface area contributed by atoms with Crippen LogP contribution >= 0.6 is 23.1 Å². The lowest BCUT2D eigenvalue weighted by Crippen LogP contribution is -2.11. The third-order valence-electron chi connectivity index (χ3n) is 2.52. The molecule has 0 aliphatic heterocycles. The summed E-state index contributed by atoms with van der Waals surface area (Å²) in [5, 5.41) is 12.9. The third kappa shape index (κ3) is 1.17. The van der Waals surface area contributed by atoms with Gasteiger partial charge in [0.1, 0.15) is 10.4 Å². The fraction of sp³-hybridized carbons (Fsp3) is 0. The molecule has 0 radical (unpaired) electrons. The van der Waals surface area contributed by atoms with Gasteiger partial charge in [0.2, 0.25) is 0 Å². The van der Waals surface area contributed by atoms with Gasteiger partial charge in [-0.1, -0.05) is 0 Å². The van der Waals surface area contributed by atoms with Gasteiger partial charge in [0.25, 0.3) is 5.56 Å². The molecule has 0 bridgehead atoms. The lowest BCUT2D eigenvalue weighted by Gasteiger charge is -2.04. The molecule has 0 aliphatic carbocycles. The molecule has 0 saturated heterocycles. The van der Waals surface area contributed by atoms with E-state index in [1.807, 2.05) is 11.4 Å². The van der Waals surface area contributed by atoms with E-state index < -0.39 is 0 Å². The van der Waals surface area contributed by atoms with Crippen LogP contribution in [0.15, 0.2) is 34.4 Å². The molecule has 80 valence electrons. The maximum Gasteiger partial charge on any atom is 0.283 e. The molecule has 16 heavy (non-hydrogen) atoms. The number of nitrogens with zero attached hydrogens (tertiary/aromatic N) is 1. The number of rotatable bonds is 0. The van der Waals surface area contributed by atoms with Crippen LogP contribution in [0.3, 0.4) is 0 Å². The quantitative estimate of drug-likeness (QED) is 0.668. The number of hydrogen-bond acceptors (Lipinski definition) is 3. The smallest absolute Gasteiger partial charge is 0.283 e. The molecule has 0 fully saturated rings. The molecule has 3 aromatic rings. The van der Waals surface area contributed by atoms with E-state index in [4.69, 9.17) is 11.8 Å². The van der Waals surface area contributed by atoms with Crippen molar-refractivity contribution < 1.29 is 5.11 Å². The zero-order valence-corrected chi connectivity index (χ0v) is 9.55. The third-order valence-corrected chi connectivity index (χ3v) is 3.76. The van der Waals surface area contributed by atoms with Gasteiger partial charge in [-0.2, -0.15) is 0 Å². The van der Waals surface area contributed by atoms with Crippen molar-refractivity contribution in [2.24, 2.45) is 0 Å². The molecule has 1 aromatic carbocycles. The van der Waals surface area contributed by atoms with E-state index in [1.54, 1.807) is 12.1 Å². The summed E-state index contributed by atoms with van der Waals surface area (Å²) in [5.41, 5.74) is 0.389. The predicted octanol–water partition coefficient (Wildman–Crippen LogP) is 2.92. The highest BCUT2D eigenvalue weighted by Gasteiger charge is 2.10. The molecule has 2 heterocycles. The van der Waals surface area contributed by atoms with E-state index in [9.17, 15) is 9.90 Å². The van der Waals surface area contributed by atoms with Gasteiger partial charge in [0, 0.05) is 22.5 Å². The summed E-state index contributed by atoms with van der Waals surface area (Å²) in [4.78, 5) is 11.9. The first-order valence-corrected chi connectivity index (χ1v) is 5.81. The molecule has 0 atom stereocenters. The number of aromatic nitrogens is 1. The Bertz CT molecular complexity index is 760. The van der Waals surface area contributed by atoms with E-state index in [2.05, 4.69) is 0 Å². The molecule has 0 saturated carbocycles. The summed E-state index contributed by atoms with van der Waals surface area (Å²) in [7, 11) is 0. The Morgan fingerprint density at radius 3 is 2.88 bits per heavy atom. The van der Waals surface area contributed by atoms with Crippen molar-refractivity contribution in [2.75, 3.05) is 0 Å². The molecule has 0 spiro atoms. The highest BCUT2D eigenvalue weighted by atomic mass is 35.5. The second-order valence-corrected chi connectivity index (χ2v) is 4.71. The topological polar surface area (TPSA) is 42.2 Å². The molecule has 1 N–H and O–H groups in total. The van der Waals surface area contributed by atoms with Crippen molar-refractivity contribution >= 4 is 44.1 Å². The van der Waals surface area contributed by atoms with Crippen LogP contribution in [-0.4, -0.2) is 9.19 Å². The zero-order chi connectivity index (χ0) is 11.3. The van der Waals surface area contributed by atoms with Crippen LogP contribution in [0.5, 0.6) is 5.75 Å². The number of aromatic hydroxyl groups is 1. The lowest BCUT2D eigenvalue weighted by molar-refractivity contribution is 0.476. The lowest BCUT2D eigenvalue weighted by atomic mass is 10.1. The normalized spacial score (nSPS) is 11.3. The van der Waals surface area contributed by atoms with Gasteiger partial charge >= 0.3 is 0 Å². The number of hydrogen-bond donors (Lipinski definition) is 1. The molecule has 2 aromatic heterocycles. The van der Waals surface area contributed by atoms with E-state index in [-0.39, 0.29) is 11.3 Å². The van der Waals surface area contributed by atoms with Crippen LogP contribution < -0.4 is 5.56 Å². The summed E-state index contributed by atoms with van der Waals surface area (Å²) in [6.45, 7) is 0.